The van der Waals surface area contributed by atoms with Gasteiger partial charge in [0.05, 0.1) is 40.3 Å². The van der Waals surface area contributed by atoms with Crippen molar-refractivity contribution in [3.05, 3.63) is 72.8 Å². The predicted molar refractivity (Wildman–Crippen MR) is 144 cm³/mol. The molecule has 9 heteroatoms. The van der Waals surface area contributed by atoms with Crippen LogP contribution in [0.4, 0.5) is 5.69 Å². The summed E-state index contributed by atoms with van der Waals surface area (Å²) < 4.78 is 0. The average Bonchev–Trinajstić information content (AvgIpc) is 3.52. The van der Waals surface area contributed by atoms with Gasteiger partial charge in [-0.1, -0.05) is 43.7 Å². The molecule has 0 unspecified atom stereocenters. The van der Waals surface area contributed by atoms with Crippen molar-refractivity contribution in [1.82, 2.24) is 35.1 Å². The fraction of sp³-hybridized carbons (Fsp3) is 0.143. The molecule has 0 radical (unpaired) electrons. The summed E-state index contributed by atoms with van der Waals surface area (Å²) in [7, 11) is 0. The lowest BCUT2D eigenvalue weighted by molar-refractivity contribution is -0.118. The third kappa shape index (κ3) is 4.20. The zero-order chi connectivity index (χ0) is 25.5. The molecule has 9 nitrogen and oxygen atoms in total. The Morgan fingerprint density at radius 2 is 1.76 bits per heavy atom. The van der Waals surface area contributed by atoms with Crippen LogP contribution in [-0.2, 0) is 4.79 Å². The van der Waals surface area contributed by atoms with Gasteiger partial charge < -0.3 is 10.3 Å². The predicted octanol–water partition coefficient (Wildman–Crippen LogP) is 5.53. The van der Waals surface area contributed by atoms with Crippen LogP contribution in [0.5, 0.6) is 0 Å². The number of aromatic nitrogens is 7. The van der Waals surface area contributed by atoms with Gasteiger partial charge in [-0.15, -0.1) is 0 Å². The lowest BCUT2D eigenvalue weighted by Crippen LogP contribution is -2.17. The number of amides is 1. The van der Waals surface area contributed by atoms with Gasteiger partial charge in [0.2, 0.25) is 5.91 Å². The molecule has 1 aromatic carbocycles. The molecule has 5 aromatic heterocycles. The van der Waals surface area contributed by atoms with Crippen LogP contribution in [0.25, 0.3) is 56.0 Å². The smallest absolute Gasteiger partial charge is 0.226 e. The van der Waals surface area contributed by atoms with Crippen molar-refractivity contribution in [2.45, 2.75) is 20.8 Å². The minimum atomic E-state index is -0.128. The summed E-state index contributed by atoms with van der Waals surface area (Å²) in [6.45, 7) is 5.76. The summed E-state index contributed by atoms with van der Waals surface area (Å²) in [6.07, 6.45) is 6.94. The van der Waals surface area contributed by atoms with Gasteiger partial charge in [0.25, 0.3) is 0 Å². The summed E-state index contributed by atoms with van der Waals surface area (Å²) in [5.41, 5.74) is 9.00. The van der Waals surface area contributed by atoms with Crippen LogP contribution in [0.15, 0.2) is 67.3 Å². The Bertz CT molecular complexity index is 1780. The monoisotopic (exact) mass is 488 g/mol. The van der Waals surface area contributed by atoms with E-state index in [2.05, 4.69) is 55.6 Å². The number of fused-ring (bicyclic) bond motifs is 2. The Morgan fingerprint density at radius 1 is 0.892 bits per heavy atom. The van der Waals surface area contributed by atoms with Gasteiger partial charge in [-0.05, 0) is 30.7 Å². The van der Waals surface area contributed by atoms with Gasteiger partial charge >= 0.3 is 0 Å². The topological polar surface area (TPSA) is 125 Å². The van der Waals surface area contributed by atoms with Crippen LogP contribution in [0.1, 0.15) is 19.4 Å². The number of hydrogen-bond acceptors (Lipinski definition) is 6. The second kappa shape index (κ2) is 8.94. The Labute approximate surface area is 212 Å². The number of nitrogens with zero attached hydrogens (tertiary/aromatic N) is 5. The third-order valence-corrected chi connectivity index (χ3v) is 6.18. The minimum absolute atomic E-state index is 0.0658. The Hall–Kier alpha value is -4.92. The highest BCUT2D eigenvalue weighted by Gasteiger charge is 2.17. The van der Waals surface area contributed by atoms with Crippen LogP contribution in [0.2, 0.25) is 0 Å². The fourth-order valence-corrected chi connectivity index (χ4v) is 4.23. The quantitative estimate of drug-likeness (QED) is 0.293. The number of nitrogens with one attached hydrogen (secondary N) is 3. The molecule has 0 atom stereocenters. The van der Waals surface area contributed by atoms with E-state index in [1.807, 2.05) is 44.3 Å². The van der Waals surface area contributed by atoms with E-state index in [-0.39, 0.29) is 11.8 Å². The van der Waals surface area contributed by atoms with Gasteiger partial charge in [-0.3, -0.25) is 19.9 Å². The number of aryl methyl sites for hydroxylation is 1. The number of rotatable bonds is 5. The molecule has 0 aliphatic rings. The number of benzene rings is 1. The SMILES string of the molecule is Cc1cccc(-c2cncc3[nH]c(-c4n[nH]c5ccc(-c6cncc(NC(=O)C(C)C)c6)nc45)nc23)c1. The second-order valence-corrected chi connectivity index (χ2v) is 9.31. The molecule has 182 valence electrons. The van der Waals surface area contributed by atoms with E-state index >= 15 is 0 Å². The summed E-state index contributed by atoms with van der Waals surface area (Å²) in [6, 6.07) is 14.0. The molecule has 6 rings (SSSR count). The van der Waals surface area contributed by atoms with Gasteiger partial charge in [0, 0.05) is 29.4 Å². The second-order valence-electron chi connectivity index (χ2n) is 9.31. The maximum Gasteiger partial charge on any atom is 0.226 e. The number of aromatic amines is 2. The zero-order valence-electron chi connectivity index (χ0n) is 20.6. The van der Waals surface area contributed by atoms with Crippen LogP contribution in [0, 0.1) is 12.8 Å². The fourth-order valence-electron chi connectivity index (χ4n) is 4.23. The molecule has 3 N–H and O–H groups in total. The van der Waals surface area contributed by atoms with E-state index in [4.69, 9.17) is 9.97 Å². The molecule has 0 fully saturated rings. The van der Waals surface area contributed by atoms with Crippen molar-refractivity contribution in [2.75, 3.05) is 5.32 Å². The number of carbonyl (C=O) groups excluding carboxylic acids is 1. The van der Waals surface area contributed by atoms with Crippen LogP contribution >= 0.6 is 0 Å². The zero-order valence-corrected chi connectivity index (χ0v) is 20.6. The summed E-state index contributed by atoms with van der Waals surface area (Å²) in [5.74, 6) is 0.407. The minimum Gasteiger partial charge on any atom is -0.335 e. The van der Waals surface area contributed by atoms with Crippen LogP contribution in [0.3, 0.4) is 0 Å². The van der Waals surface area contributed by atoms with Crippen molar-refractivity contribution in [2.24, 2.45) is 5.92 Å². The van der Waals surface area contributed by atoms with E-state index in [9.17, 15) is 4.79 Å². The Balaban J connectivity index is 1.41. The lowest BCUT2D eigenvalue weighted by Gasteiger charge is -2.08. The lowest BCUT2D eigenvalue weighted by atomic mass is 10.0. The van der Waals surface area contributed by atoms with Crippen molar-refractivity contribution in [3.63, 3.8) is 0 Å². The molecule has 37 heavy (non-hydrogen) atoms. The molecule has 1 amide bonds. The van der Waals surface area contributed by atoms with Crippen molar-refractivity contribution in [1.29, 1.82) is 0 Å². The van der Waals surface area contributed by atoms with Crippen LogP contribution < -0.4 is 5.32 Å². The molecular weight excluding hydrogens is 464 g/mol. The van der Waals surface area contributed by atoms with Gasteiger partial charge in [0.15, 0.2) is 11.5 Å². The molecular formula is C28H24N8O. The highest BCUT2D eigenvalue weighted by molar-refractivity contribution is 5.96. The first-order valence-corrected chi connectivity index (χ1v) is 12.0. The molecule has 0 saturated heterocycles. The summed E-state index contributed by atoms with van der Waals surface area (Å²) in [4.78, 5) is 34.0. The molecule has 0 aliphatic heterocycles. The number of hydrogen-bond donors (Lipinski definition) is 3. The average molecular weight is 489 g/mol. The molecule has 0 spiro atoms. The molecule has 5 heterocycles. The molecule has 6 aromatic rings. The first-order valence-electron chi connectivity index (χ1n) is 12.0. The van der Waals surface area contributed by atoms with E-state index in [0.29, 0.717) is 28.4 Å². The van der Waals surface area contributed by atoms with Crippen LogP contribution in [-0.4, -0.2) is 41.0 Å². The maximum absolute atomic E-state index is 12.1. The van der Waals surface area contributed by atoms with E-state index in [0.717, 1.165) is 33.2 Å². The van der Waals surface area contributed by atoms with Crippen molar-refractivity contribution >= 4 is 33.7 Å². The highest BCUT2D eigenvalue weighted by Crippen LogP contribution is 2.31. The first-order chi connectivity index (χ1) is 18.0. The Kier molecular flexibility index (Phi) is 5.45. The number of anilines is 1. The number of pyridine rings is 3. The molecule has 0 saturated carbocycles. The normalized spacial score (nSPS) is 11.5. The van der Waals surface area contributed by atoms with E-state index in [1.54, 1.807) is 18.6 Å². The largest absolute Gasteiger partial charge is 0.335 e. The molecule has 0 aliphatic carbocycles. The Morgan fingerprint density at radius 3 is 2.59 bits per heavy atom. The van der Waals surface area contributed by atoms with Gasteiger partial charge in [0.1, 0.15) is 5.52 Å². The summed E-state index contributed by atoms with van der Waals surface area (Å²) in [5, 5.41) is 10.5. The van der Waals surface area contributed by atoms with E-state index < -0.39 is 0 Å². The van der Waals surface area contributed by atoms with E-state index in [1.165, 1.54) is 5.56 Å². The molecule has 0 bridgehead atoms. The van der Waals surface area contributed by atoms with Gasteiger partial charge in [-0.25, -0.2) is 9.97 Å². The summed E-state index contributed by atoms with van der Waals surface area (Å²) >= 11 is 0. The standard InChI is InChI=1S/C28H24N8O/c1-15(2)28(37)31-19-10-18(11-29-12-19)21-7-8-22-25(32-21)26(36-35-22)27-33-23-14-30-13-20(24(23)34-27)17-6-4-5-16(3)9-17/h4-15H,1-3H3,(H,31,37)(H,33,34)(H,35,36). The number of imidazole rings is 1. The maximum atomic E-state index is 12.1. The van der Waals surface area contributed by atoms with Crippen molar-refractivity contribution in [3.8, 4) is 33.9 Å². The first kappa shape index (κ1) is 22.5. The highest BCUT2D eigenvalue weighted by atomic mass is 16.1. The number of carbonyl (C=O) groups is 1. The van der Waals surface area contributed by atoms with Gasteiger partial charge in [-0.2, -0.15) is 5.10 Å². The van der Waals surface area contributed by atoms with Crippen molar-refractivity contribution < 1.29 is 4.79 Å². The number of H-pyrrole nitrogens is 2. The third-order valence-electron chi connectivity index (χ3n) is 6.18.